The molecule has 0 N–H and O–H groups in total. The molecule has 0 saturated heterocycles. The van der Waals surface area contributed by atoms with Crippen LogP contribution in [-0.4, -0.2) is 0 Å². The van der Waals surface area contributed by atoms with E-state index in [-0.39, 0.29) is 10.8 Å². The molecule has 0 amide bonds. The molecule has 0 spiro atoms. The van der Waals surface area contributed by atoms with Crippen molar-refractivity contribution in [3.05, 3.63) is 300 Å². The van der Waals surface area contributed by atoms with E-state index < -0.39 is 0 Å². The first-order chi connectivity index (χ1) is 42.0. The standard InChI is InChI=1S/C86H62/c1-51-31-35-53(36-32-51)79-63-19-7-9-21-65(63)81(66-22-10-8-20-64(66)79)57-41-45-61-59-43-39-55(47-75(59)85(3,4)77(61)49-57)56-40-44-60-62-46-42-58(50-78(62)86(5,6)76(60)48-56)82-69-25-13-17-29-73(69)84(74-30-18-14-26-70(74)82)83-71-27-15-11-23-67(71)80(54-37-33-52(2)34-38-54)68-24-12-16-28-72(68)83/h7-50H,1-6H3. The molecule has 86 heavy (non-hydrogen) atoms. The van der Waals surface area contributed by atoms with E-state index in [1.807, 2.05) is 0 Å². The van der Waals surface area contributed by atoms with E-state index in [1.165, 1.54) is 187 Å². The monoisotopic (exact) mass is 1090 g/mol. The molecule has 0 fully saturated rings. The number of rotatable bonds is 6. The van der Waals surface area contributed by atoms with Crippen molar-refractivity contribution in [2.75, 3.05) is 0 Å². The van der Waals surface area contributed by atoms with Gasteiger partial charge in [0.05, 0.1) is 0 Å². The van der Waals surface area contributed by atoms with E-state index in [0.717, 1.165) is 0 Å². The highest BCUT2D eigenvalue weighted by Gasteiger charge is 2.39. The van der Waals surface area contributed by atoms with Crippen LogP contribution in [0, 0.1) is 13.8 Å². The molecule has 0 saturated carbocycles. The third kappa shape index (κ3) is 7.29. The third-order valence-electron chi connectivity index (χ3n) is 20.0. The molecule has 0 heteroatoms. The first kappa shape index (κ1) is 50.4. The Balaban J connectivity index is 0.750. The van der Waals surface area contributed by atoms with Gasteiger partial charge in [-0.1, -0.05) is 281 Å². The fourth-order valence-corrected chi connectivity index (χ4v) is 15.8. The first-order valence-electron chi connectivity index (χ1n) is 30.6. The molecule has 0 atom stereocenters. The molecule has 0 aliphatic heterocycles. The van der Waals surface area contributed by atoms with Gasteiger partial charge in [-0.2, -0.15) is 0 Å². The lowest BCUT2D eigenvalue weighted by molar-refractivity contribution is 0.660. The lowest BCUT2D eigenvalue weighted by Crippen LogP contribution is -2.15. The van der Waals surface area contributed by atoms with Crippen molar-refractivity contribution in [1.29, 1.82) is 0 Å². The van der Waals surface area contributed by atoms with Crippen LogP contribution in [0.25, 0.3) is 154 Å². The number of benzene rings is 15. The third-order valence-corrected chi connectivity index (χ3v) is 20.0. The Morgan fingerprint density at radius 1 is 0.186 bits per heavy atom. The predicted octanol–water partition coefficient (Wildman–Crippen LogP) is 23.8. The Morgan fingerprint density at radius 2 is 0.372 bits per heavy atom. The average Bonchev–Trinajstić information content (AvgIpc) is 1.03. The van der Waals surface area contributed by atoms with Crippen molar-refractivity contribution < 1.29 is 0 Å². The van der Waals surface area contributed by atoms with Gasteiger partial charge in [-0.15, -0.1) is 0 Å². The zero-order valence-electron chi connectivity index (χ0n) is 49.4. The normalized spacial score (nSPS) is 13.7. The van der Waals surface area contributed by atoms with Gasteiger partial charge in [0.1, 0.15) is 0 Å². The molecule has 2 aliphatic rings. The van der Waals surface area contributed by atoms with Crippen LogP contribution in [0.15, 0.2) is 267 Å². The number of hydrogen-bond acceptors (Lipinski definition) is 0. The smallest absolute Gasteiger partial charge is 0.0159 e. The van der Waals surface area contributed by atoms with E-state index in [4.69, 9.17) is 0 Å². The lowest BCUT2D eigenvalue weighted by atomic mass is 9.78. The van der Waals surface area contributed by atoms with Crippen molar-refractivity contribution in [3.63, 3.8) is 0 Å². The van der Waals surface area contributed by atoms with E-state index in [2.05, 4.69) is 308 Å². The summed E-state index contributed by atoms with van der Waals surface area (Å²) in [6.07, 6.45) is 0. The number of aryl methyl sites for hydroxylation is 2. The summed E-state index contributed by atoms with van der Waals surface area (Å²) >= 11 is 0. The summed E-state index contributed by atoms with van der Waals surface area (Å²) in [6, 6.07) is 102. The number of hydrogen-bond donors (Lipinski definition) is 0. The molecule has 15 aromatic carbocycles. The second-order valence-electron chi connectivity index (χ2n) is 25.5. The maximum absolute atomic E-state index is 2.53. The Hall–Kier alpha value is -10.1. The summed E-state index contributed by atoms with van der Waals surface area (Å²) < 4.78 is 0. The second kappa shape index (κ2) is 18.7. The van der Waals surface area contributed by atoms with Crippen LogP contribution in [0.2, 0.25) is 0 Å². The summed E-state index contributed by atoms with van der Waals surface area (Å²) in [7, 11) is 0. The van der Waals surface area contributed by atoms with E-state index in [9.17, 15) is 0 Å². The van der Waals surface area contributed by atoms with E-state index in [0.29, 0.717) is 0 Å². The van der Waals surface area contributed by atoms with Gasteiger partial charge in [0, 0.05) is 10.8 Å². The zero-order chi connectivity index (χ0) is 57.7. The highest BCUT2D eigenvalue weighted by molar-refractivity contribution is 6.30. The van der Waals surface area contributed by atoms with Crippen molar-refractivity contribution in [1.82, 2.24) is 0 Å². The van der Waals surface area contributed by atoms with Gasteiger partial charge in [-0.05, 0) is 214 Å². The van der Waals surface area contributed by atoms with Crippen LogP contribution in [0.1, 0.15) is 61.1 Å². The lowest BCUT2D eigenvalue weighted by Gasteiger charge is -2.24. The molecule has 0 bridgehead atoms. The maximum atomic E-state index is 2.53. The summed E-state index contributed by atoms with van der Waals surface area (Å²) in [6.45, 7) is 14.1. The fraction of sp³-hybridized carbons (Fsp3) is 0.0930. The van der Waals surface area contributed by atoms with Crippen LogP contribution in [0.4, 0.5) is 0 Å². The second-order valence-corrected chi connectivity index (χ2v) is 25.5. The minimum Gasteiger partial charge on any atom is -0.0616 e. The quantitative estimate of drug-likeness (QED) is 0.146. The van der Waals surface area contributed by atoms with E-state index in [1.54, 1.807) is 0 Å². The Kier molecular flexibility index (Phi) is 10.9. The van der Waals surface area contributed by atoms with Crippen LogP contribution >= 0.6 is 0 Å². The van der Waals surface area contributed by atoms with Gasteiger partial charge in [-0.3, -0.25) is 0 Å². The molecule has 406 valence electrons. The minimum atomic E-state index is -0.241. The van der Waals surface area contributed by atoms with Crippen LogP contribution in [0.3, 0.4) is 0 Å². The molecule has 0 heterocycles. The molecule has 0 unspecified atom stereocenters. The molecule has 2 aliphatic carbocycles. The zero-order valence-corrected chi connectivity index (χ0v) is 49.4. The highest BCUT2D eigenvalue weighted by Crippen LogP contribution is 2.56. The Bertz CT molecular complexity index is 5220. The summed E-state index contributed by atoms with van der Waals surface area (Å²) in [5.74, 6) is 0. The summed E-state index contributed by atoms with van der Waals surface area (Å²) in [5.41, 5.74) is 28.2. The molecule has 17 rings (SSSR count). The topological polar surface area (TPSA) is 0 Å². The first-order valence-corrected chi connectivity index (χ1v) is 30.6. The van der Waals surface area contributed by atoms with Gasteiger partial charge >= 0.3 is 0 Å². The molecule has 0 radical (unpaired) electrons. The van der Waals surface area contributed by atoms with Crippen molar-refractivity contribution in [2.45, 2.75) is 52.4 Å². The Morgan fingerprint density at radius 3 is 0.616 bits per heavy atom. The number of fused-ring (bicyclic) bond motifs is 12. The van der Waals surface area contributed by atoms with Gasteiger partial charge in [0.15, 0.2) is 0 Å². The SMILES string of the molecule is Cc1ccc(-c2c3ccccc3c(-c3ccc4c(c3)C(C)(C)c3cc(-c5ccc6c(c5)C(C)(C)c5cc(-c7c8ccccc8c(-c8c9ccccc9c(-c9ccc(C)cc9)c9ccccc89)c8ccccc78)ccc5-6)ccc3-4)c3ccccc23)cc1. The fourth-order valence-electron chi connectivity index (χ4n) is 15.8. The Labute approximate surface area is 503 Å². The molecule has 15 aromatic rings. The van der Waals surface area contributed by atoms with Crippen molar-refractivity contribution in [2.24, 2.45) is 0 Å². The average molecular weight is 1100 g/mol. The predicted molar refractivity (Wildman–Crippen MR) is 369 cm³/mol. The molecular formula is C86H62. The van der Waals surface area contributed by atoms with Gasteiger partial charge in [-0.25, -0.2) is 0 Å². The summed E-state index contributed by atoms with van der Waals surface area (Å²) in [4.78, 5) is 0. The maximum Gasteiger partial charge on any atom is 0.0159 e. The molecular weight excluding hydrogens is 1030 g/mol. The van der Waals surface area contributed by atoms with Crippen LogP contribution in [0.5, 0.6) is 0 Å². The summed E-state index contributed by atoms with van der Waals surface area (Å²) in [5, 5.41) is 15.3. The largest absolute Gasteiger partial charge is 0.0616 e. The van der Waals surface area contributed by atoms with Crippen LogP contribution < -0.4 is 0 Å². The highest BCUT2D eigenvalue weighted by atomic mass is 14.4. The van der Waals surface area contributed by atoms with Gasteiger partial charge in [0.2, 0.25) is 0 Å². The van der Waals surface area contributed by atoms with E-state index >= 15 is 0 Å². The molecule has 0 aromatic heterocycles. The van der Waals surface area contributed by atoms with Crippen molar-refractivity contribution >= 4 is 64.6 Å². The van der Waals surface area contributed by atoms with Crippen molar-refractivity contribution in [3.8, 4) is 89.0 Å². The minimum absolute atomic E-state index is 0.215. The van der Waals surface area contributed by atoms with Gasteiger partial charge in [0.25, 0.3) is 0 Å². The van der Waals surface area contributed by atoms with Gasteiger partial charge < -0.3 is 0 Å². The van der Waals surface area contributed by atoms with Crippen LogP contribution in [-0.2, 0) is 10.8 Å². The molecule has 0 nitrogen and oxygen atoms in total.